The molecule has 3 amide bonds. The second-order valence-electron chi connectivity index (χ2n) is 5.94. The van der Waals surface area contributed by atoms with Crippen LogP contribution in [0.4, 0.5) is 5.69 Å². The average molecular weight is 358 g/mol. The first-order valence-electron chi connectivity index (χ1n) is 8.24. The number of nitrogens with one attached hydrogen (secondary N) is 2. The number of carbonyl (C=O) groups excluding carboxylic acids is 3. The van der Waals surface area contributed by atoms with E-state index in [1.807, 2.05) is 30.3 Å². The number of benzene rings is 3. The number of rotatable bonds is 4. The lowest BCUT2D eigenvalue weighted by Crippen LogP contribution is -2.19. The molecule has 0 saturated heterocycles. The zero-order valence-electron chi connectivity index (χ0n) is 14.1. The quantitative estimate of drug-likeness (QED) is 0.698. The smallest absolute Gasteiger partial charge is 0.259 e. The summed E-state index contributed by atoms with van der Waals surface area (Å²) in [5, 5.41) is 4.94. The topological polar surface area (TPSA) is 84.5 Å². The molecule has 0 fully saturated rings. The highest BCUT2D eigenvalue weighted by molar-refractivity contribution is 6.22. The van der Waals surface area contributed by atoms with Crippen LogP contribution in [-0.4, -0.2) is 17.7 Å². The largest absolute Gasteiger partial charge is 0.457 e. The molecule has 0 bridgehead atoms. The molecule has 6 nitrogen and oxygen atoms in total. The Labute approximate surface area is 154 Å². The Morgan fingerprint density at radius 3 is 2.19 bits per heavy atom. The van der Waals surface area contributed by atoms with E-state index in [4.69, 9.17) is 4.74 Å². The maximum Gasteiger partial charge on any atom is 0.259 e. The van der Waals surface area contributed by atoms with Crippen LogP contribution in [0.5, 0.6) is 11.5 Å². The van der Waals surface area contributed by atoms with E-state index in [0.717, 1.165) is 0 Å². The van der Waals surface area contributed by atoms with Crippen molar-refractivity contribution in [2.45, 2.75) is 0 Å². The number of hydrogen-bond donors (Lipinski definition) is 2. The van der Waals surface area contributed by atoms with Crippen LogP contribution in [0.15, 0.2) is 72.8 Å². The van der Waals surface area contributed by atoms with E-state index in [9.17, 15) is 14.4 Å². The Balaban J connectivity index is 1.47. The Morgan fingerprint density at radius 1 is 0.778 bits per heavy atom. The minimum atomic E-state index is -0.464. The van der Waals surface area contributed by atoms with Gasteiger partial charge in [0, 0.05) is 11.3 Å². The molecule has 0 aliphatic carbocycles. The first-order chi connectivity index (χ1) is 13.1. The summed E-state index contributed by atoms with van der Waals surface area (Å²) in [5.41, 5.74) is 1.44. The molecule has 0 atom stereocenters. The highest BCUT2D eigenvalue weighted by atomic mass is 16.5. The molecule has 4 rings (SSSR count). The SMILES string of the molecule is O=C(Nc1ccc2c(c1)C(=O)NC2=O)c1ccc(Oc2ccccc2)cc1. The van der Waals surface area contributed by atoms with Crippen LogP contribution >= 0.6 is 0 Å². The summed E-state index contributed by atoms with van der Waals surface area (Å²) >= 11 is 0. The lowest BCUT2D eigenvalue weighted by atomic mass is 10.1. The van der Waals surface area contributed by atoms with Crippen molar-refractivity contribution < 1.29 is 19.1 Å². The predicted octanol–water partition coefficient (Wildman–Crippen LogP) is 3.61. The van der Waals surface area contributed by atoms with Gasteiger partial charge in [0.15, 0.2) is 0 Å². The van der Waals surface area contributed by atoms with Crippen LogP contribution in [0.25, 0.3) is 0 Å². The molecule has 0 radical (unpaired) electrons. The van der Waals surface area contributed by atoms with Crippen molar-refractivity contribution in [1.82, 2.24) is 5.32 Å². The molecule has 2 N–H and O–H groups in total. The van der Waals surface area contributed by atoms with Crippen molar-refractivity contribution in [3.63, 3.8) is 0 Å². The van der Waals surface area contributed by atoms with E-state index in [2.05, 4.69) is 10.6 Å². The Hall–Kier alpha value is -3.93. The number of fused-ring (bicyclic) bond motifs is 1. The van der Waals surface area contributed by atoms with Gasteiger partial charge >= 0.3 is 0 Å². The summed E-state index contributed by atoms with van der Waals surface area (Å²) in [7, 11) is 0. The zero-order chi connectivity index (χ0) is 18.8. The van der Waals surface area contributed by atoms with E-state index < -0.39 is 11.8 Å². The second kappa shape index (κ2) is 6.76. The molecule has 3 aromatic rings. The zero-order valence-corrected chi connectivity index (χ0v) is 14.1. The standard InChI is InChI=1S/C21H14N2O4/c24-19(22-14-8-11-17-18(12-14)21(26)23-20(17)25)13-6-9-16(10-7-13)27-15-4-2-1-3-5-15/h1-12H,(H,22,24)(H,23,25,26). The maximum atomic E-state index is 12.4. The number of imide groups is 1. The van der Waals surface area contributed by atoms with Gasteiger partial charge in [-0.15, -0.1) is 0 Å². The number of amides is 3. The fraction of sp³-hybridized carbons (Fsp3) is 0. The molecule has 0 aromatic heterocycles. The molecule has 1 aliphatic rings. The second-order valence-corrected chi connectivity index (χ2v) is 5.94. The predicted molar refractivity (Wildman–Crippen MR) is 99.1 cm³/mol. The van der Waals surface area contributed by atoms with Crippen molar-refractivity contribution in [3.05, 3.63) is 89.5 Å². The summed E-state index contributed by atoms with van der Waals surface area (Å²) in [4.78, 5) is 35.7. The minimum Gasteiger partial charge on any atom is -0.457 e. The van der Waals surface area contributed by atoms with E-state index in [1.165, 1.54) is 12.1 Å². The maximum absolute atomic E-state index is 12.4. The molecule has 3 aromatic carbocycles. The number of ether oxygens (including phenoxy) is 1. The number of hydrogen-bond acceptors (Lipinski definition) is 4. The monoisotopic (exact) mass is 358 g/mol. The van der Waals surface area contributed by atoms with Crippen molar-refractivity contribution >= 4 is 23.4 Å². The summed E-state index contributed by atoms with van der Waals surface area (Å²) in [6.07, 6.45) is 0. The number of para-hydroxylation sites is 1. The van der Waals surface area contributed by atoms with Crippen molar-refractivity contribution in [3.8, 4) is 11.5 Å². The molecule has 0 spiro atoms. The summed E-state index contributed by atoms with van der Waals surface area (Å²) < 4.78 is 5.70. The van der Waals surface area contributed by atoms with Crippen LogP contribution in [-0.2, 0) is 0 Å². The van der Waals surface area contributed by atoms with E-state index >= 15 is 0 Å². The van der Waals surface area contributed by atoms with Gasteiger partial charge in [0.05, 0.1) is 11.1 Å². The lowest BCUT2D eigenvalue weighted by Gasteiger charge is -2.08. The van der Waals surface area contributed by atoms with E-state index in [1.54, 1.807) is 30.3 Å². The molecule has 132 valence electrons. The van der Waals surface area contributed by atoms with Gasteiger partial charge in [-0.1, -0.05) is 18.2 Å². The van der Waals surface area contributed by atoms with Crippen LogP contribution in [0.2, 0.25) is 0 Å². The molecular weight excluding hydrogens is 344 g/mol. The van der Waals surface area contributed by atoms with Gasteiger partial charge in [-0.05, 0) is 54.6 Å². The molecular formula is C21H14N2O4. The molecule has 27 heavy (non-hydrogen) atoms. The Kier molecular flexibility index (Phi) is 4.14. The number of carbonyl (C=O) groups is 3. The first-order valence-corrected chi connectivity index (χ1v) is 8.24. The van der Waals surface area contributed by atoms with Gasteiger partial charge < -0.3 is 10.1 Å². The van der Waals surface area contributed by atoms with Gasteiger partial charge in [-0.3, -0.25) is 19.7 Å². The molecule has 0 saturated carbocycles. The third-order valence-electron chi connectivity index (χ3n) is 4.09. The van der Waals surface area contributed by atoms with Crippen molar-refractivity contribution in [2.75, 3.05) is 5.32 Å². The fourth-order valence-electron chi connectivity index (χ4n) is 2.75. The normalized spacial score (nSPS) is 12.3. The highest BCUT2D eigenvalue weighted by Gasteiger charge is 2.26. The van der Waals surface area contributed by atoms with Crippen LogP contribution in [0, 0.1) is 0 Å². The van der Waals surface area contributed by atoms with Crippen LogP contribution in [0.1, 0.15) is 31.1 Å². The fourth-order valence-corrected chi connectivity index (χ4v) is 2.75. The Bertz CT molecular complexity index is 1040. The van der Waals surface area contributed by atoms with E-state index in [-0.39, 0.29) is 11.5 Å². The van der Waals surface area contributed by atoms with E-state index in [0.29, 0.717) is 28.3 Å². The third kappa shape index (κ3) is 3.41. The van der Waals surface area contributed by atoms with Gasteiger partial charge in [0.25, 0.3) is 17.7 Å². The molecule has 0 unspecified atom stereocenters. The Morgan fingerprint density at radius 2 is 1.44 bits per heavy atom. The van der Waals surface area contributed by atoms with Gasteiger partial charge in [0.1, 0.15) is 11.5 Å². The lowest BCUT2D eigenvalue weighted by molar-refractivity contribution is 0.0878. The van der Waals surface area contributed by atoms with Crippen LogP contribution < -0.4 is 15.4 Å². The van der Waals surface area contributed by atoms with Crippen molar-refractivity contribution in [1.29, 1.82) is 0 Å². The van der Waals surface area contributed by atoms with Crippen molar-refractivity contribution in [2.24, 2.45) is 0 Å². The summed E-state index contributed by atoms with van der Waals surface area (Å²) in [6, 6.07) is 20.6. The molecule has 6 heteroatoms. The minimum absolute atomic E-state index is 0.254. The third-order valence-corrected chi connectivity index (χ3v) is 4.09. The van der Waals surface area contributed by atoms with Gasteiger partial charge in [-0.25, -0.2) is 0 Å². The summed E-state index contributed by atoms with van der Waals surface area (Å²) in [6.45, 7) is 0. The van der Waals surface area contributed by atoms with Crippen LogP contribution in [0.3, 0.4) is 0 Å². The number of anilines is 1. The molecule has 1 heterocycles. The van der Waals surface area contributed by atoms with Gasteiger partial charge in [0.2, 0.25) is 0 Å². The molecule has 1 aliphatic heterocycles. The van der Waals surface area contributed by atoms with Gasteiger partial charge in [-0.2, -0.15) is 0 Å². The average Bonchev–Trinajstić information content (AvgIpc) is 2.96. The highest BCUT2D eigenvalue weighted by Crippen LogP contribution is 2.23. The summed E-state index contributed by atoms with van der Waals surface area (Å²) in [5.74, 6) is 0.104. The first kappa shape index (κ1) is 16.5.